The normalized spacial score (nSPS) is 19.6. The summed E-state index contributed by atoms with van der Waals surface area (Å²) in [6.45, 7) is 3.00. The highest BCUT2D eigenvalue weighted by Crippen LogP contribution is 2.36. The summed E-state index contributed by atoms with van der Waals surface area (Å²) in [5, 5.41) is 19.7. The van der Waals surface area contributed by atoms with E-state index in [0.717, 1.165) is 18.4 Å². The van der Waals surface area contributed by atoms with E-state index in [2.05, 4.69) is 42.1 Å². The molecule has 4 aromatic heterocycles. The molecule has 5 heterocycles. The minimum Gasteiger partial charge on any atom is -0.436 e. The number of hydrogen-bond donors (Lipinski definition) is 1. The molecular formula is C29H27FN8O3S. The van der Waals surface area contributed by atoms with E-state index in [1.54, 1.807) is 52.7 Å². The van der Waals surface area contributed by atoms with Crippen LogP contribution in [-0.4, -0.2) is 66.2 Å². The summed E-state index contributed by atoms with van der Waals surface area (Å²) >= 11 is 1.64. The number of fused-ring (bicyclic) bond motifs is 1. The molecule has 1 saturated carbocycles. The highest BCUT2D eigenvalue weighted by atomic mass is 32.1. The van der Waals surface area contributed by atoms with Gasteiger partial charge in [0.25, 0.3) is 5.91 Å². The van der Waals surface area contributed by atoms with E-state index in [9.17, 15) is 14.0 Å². The van der Waals surface area contributed by atoms with Crippen LogP contribution in [0.4, 0.5) is 10.1 Å². The maximum Gasteiger partial charge on any atom is 0.272 e. The van der Waals surface area contributed by atoms with E-state index in [-0.39, 0.29) is 30.2 Å². The number of amides is 2. The Hall–Kier alpha value is -4.52. The van der Waals surface area contributed by atoms with Gasteiger partial charge in [0, 0.05) is 30.5 Å². The molecule has 5 aromatic rings. The van der Waals surface area contributed by atoms with Gasteiger partial charge in [0.15, 0.2) is 11.4 Å². The van der Waals surface area contributed by atoms with Crippen molar-refractivity contribution in [1.82, 2.24) is 35.1 Å². The molecule has 2 aliphatic rings. The molecule has 7 rings (SSSR count). The van der Waals surface area contributed by atoms with Crippen LogP contribution in [0, 0.1) is 18.8 Å². The number of piperidine rings is 1. The molecule has 1 aliphatic heterocycles. The van der Waals surface area contributed by atoms with Crippen molar-refractivity contribution in [3.8, 4) is 11.5 Å². The molecule has 1 N–H and O–H groups in total. The molecule has 2 fully saturated rings. The Kier molecular flexibility index (Phi) is 6.73. The van der Waals surface area contributed by atoms with Crippen LogP contribution < -0.4 is 5.32 Å². The monoisotopic (exact) mass is 586 g/mol. The third-order valence-corrected chi connectivity index (χ3v) is 8.57. The Morgan fingerprint density at radius 3 is 2.71 bits per heavy atom. The standard InChI is InChI=1S/C29H27FN8O3S/c1-16-34-36-38(35-16)26(19-7-11-42-15-19)17-5-9-37(10-6-17)29(40)24-12-18(4-8-31-24)28-33-23-13-20(2-3-25(23)41-28)32-27(39)21-14-22(21)30/h2-4,7-8,11-13,15,17,21-22,26H,5-6,9-10,14H2,1H3,(H,32,39)/t21-,22+,26+/m1/s1. The van der Waals surface area contributed by atoms with Crippen LogP contribution in [0.15, 0.2) is 57.8 Å². The Balaban J connectivity index is 1.04. The summed E-state index contributed by atoms with van der Waals surface area (Å²) in [4.78, 5) is 38.0. The van der Waals surface area contributed by atoms with Crippen LogP contribution in [0.1, 0.15) is 47.2 Å². The minimum absolute atomic E-state index is 0.0292. The van der Waals surface area contributed by atoms with Crippen molar-refractivity contribution in [3.63, 3.8) is 0 Å². The number of tetrazole rings is 1. The van der Waals surface area contributed by atoms with Gasteiger partial charge in [-0.3, -0.25) is 14.6 Å². The number of oxazole rings is 1. The number of anilines is 1. The Morgan fingerprint density at radius 2 is 2.00 bits per heavy atom. The van der Waals surface area contributed by atoms with Gasteiger partial charge in [-0.05, 0) is 90.0 Å². The number of carbonyl (C=O) groups is 2. The number of nitrogens with zero attached hydrogens (tertiary/aromatic N) is 7. The van der Waals surface area contributed by atoms with Gasteiger partial charge < -0.3 is 14.6 Å². The van der Waals surface area contributed by atoms with Gasteiger partial charge in [-0.2, -0.15) is 16.1 Å². The van der Waals surface area contributed by atoms with Gasteiger partial charge in [-0.1, -0.05) is 0 Å². The number of pyridine rings is 1. The van der Waals surface area contributed by atoms with Gasteiger partial charge in [0.2, 0.25) is 11.8 Å². The summed E-state index contributed by atoms with van der Waals surface area (Å²) in [7, 11) is 0. The lowest BCUT2D eigenvalue weighted by Gasteiger charge is -2.35. The first kappa shape index (κ1) is 26.4. The van der Waals surface area contributed by atoms with E-state index < -0.39 is 12.1 Å². The Morgan fingerprint density at radius 1 is 1.17 bits per heavy atom. The number of benzene rings is 1. The average molecular weight is 587 g/mol. The smallest absolute Gasteiger partial charge is 0.272 e. The fraction of sp³-hybridized carbons (Fsp3) is 0.345. The number of aromatic nitrogens is 6. The van der Waals surface area contributed by atoms with Gasteiger partial charge in [-0.15, -0.1) is 10.2 Å². The predicted octanol–water partition coefficient (Wildman–Crippen LogP) is 4.68. The second kappa shape index (κ2) is 10.7. The molecule has 0 bridgehead atoms. The Bertz CT molecular complexity index is 1760. The third-order valence-electron chi connectivity index (χ3n) is 7.87. The molecule has 2 amide bonds. The molecule has 13 heteroatoms. The minimum atomic E-state index is -1.06. The van der Waals surface area contributed by atoms with Crippen molar-refractivity contribution in [2.45, 2.75) is 38.4 Å². The zero-order chi connectivity index (χ0) is 28.8. The lowest BCUT2D eigenvalue weighted by Crippen LogP contribution is -2.41. The topological polar surface area (TPSA) is 132 Å². The quantitative estimate of drug-likeness (QED) is 0.291. The zero-order valence-electron chi connectivity index (χ0n) is 22.7. The van der Waals surface area contributed by atoms with Crippen molar-refractivity contribution in [2.24, 2.45) is 11.8 Å². The van der Waals surface area contributed by atoms with Crippen molar-refractivity contribution in [1.29, 1.82) is 0 Å². The number of nitrogens with one attached hydrogen (secondary N) is 1. The highest BCUT2D eigenvalue weighted by molar-refractivity contribution is 7.08. The first-order valence-corrected chi connectivity index (χ1v) is 14.8. The molecule has 42 heavy (non-hydrogen) atoms. The fourth-order valence-electron chi connectivity index (χ4n) is 5.51. The lowest BCUT2D eigenvalue weighted by atomic mass is 9.86. The number of hydrogen-bond acceptors (Lipinski definition) is 9. The number of rotatable bonds is 7. The molecule has 11 nitrogen and oxygen atoms in total. The lowest BCUT2D eigenvalue weighted by molar-refractivity contribution is -0.117. The molecule has 3 atom stereocenters. The van der Waals surface area contributed by atoms with E-state index in [1.165, 1.54) is 0 Å². The average Bonchev–Trinajstić information content (AvgIpc) is 3.41. The van der Waals surface area contributed by atoms with E-state index in [4.69, 9.17) is 4.42 Å². The van der Waals surface area contributed by atoms with Crippen LogP contribution in [0.2, 0.25) is 0 Å². The number of alkyl halides is 1. The largest absolute Gasteiger partial charge is 0.436 e. The molecule has 1 aromatic carbocycles. The van der Waals surface area contributed by atoms with Crippen molar-refractivity contribution in [2.75, 3.05) is 18.4 Å². The summed E-state index contributed by atoms with van der Waals surface area (Å²) < 4.78 is 19.2. The maximum absolute atomic E-state index is 13.5. The molecule has 214 valence electrons. The second-order valence-corrected chi connectivity index (χ2v) is 11.5. The van der Waals surface area contributed by atoms with Crippen LogP contribution >= 0.6 is 11.3 Å². The van der Waals surface area contributed by atoms with Crippen molar-refractivity contribution in [3.05, 3.63) is 70.4 Å². The number of thiophene rings is 1. The van der Waals surface area contributed by atoms with Crippen LogP contribution in [-0.2, 0) is 4.79 Å². The first-order chi connectivity index (χ1) is 20.4. The van der Waals surface area contributed by atoms with Gasteiger partial charge in [0.05, 0.1) is 5.92 Å². The van der Waals surface area contributed by atoms with E-state index in [1.807, 2.05) is 17.2 Å². The number of carbonyl (C=O) groups excluding carboxylic acids is 2. The SMILES string of the molecule is Cc1nnn([C@H](c2ccsc2)C2CCN(C(=O)c3cc(-c4nc5cc(NC(=O)[C@@H]6C[C@@H]6F)ccc5o4)ccn3)CC2)n1. The number of likely N-dealkylation sites (tertiary alicyclic amines) is 1. The summed E-state index contributed by atoms with van der Waals surface area (Å²) in [6, 6.07) is 10.6. The van der Waals surface area contributed by atoms with E-state index >= 15 is 0 Å². The number of aryl methyl sites for hydroxylation is 1. The molecule has 1 aliphatic carbocycles. The van der Waals surface area contributed by atoms with Crippen LogP contribution in [0.5, 0.6) is 0 Å². The Labute approximate surface area is 243 Å². The van der Waals surface area contributed by atoms with Crippen LogP contribution in [0.3, 0.4) is 0 Å². The molecule has 0 radical (unpaired) electrons. The predicted molar refractivity (Wildman–Crippen MR) is 153 cm³/mol. The molecule has 0 unspecified atom stereocenters. The zero-order valence-corrected chi connectivity index (χ0v) is 23.5. The van der Waals surface area contributed by atoms with E-state index in [0.29, 0.717) is 52.8 Å². The fourth-order valence-corrected chi connectivity index (χ4v) is 6.20. The maximum atomic E-state index is 13.5. The van der Waals surface area contributed by atoms with Gasteiger partial charge >= 0.3 is 0 Å². The third kappa shape index (κ3) is 5.15. The molecule has 1 saturated heterocycles. The van der Waals surface area contributed by atoms with Gasteiger partial charge in [0.1, 0.15) is 23.4 Å². The molecule has 0 spiro atoms. The highest BCUT2D eigenvalue weighted by Gasteiger charge is 2.43. The number of halogens is 1. The molecular weight excluding hydrogens is 559 g/mol. The van der Waals surface area contributed by atoms with Crippen LogP contribution in [0.25, 0.3) is 22.6 Å². The second-order valence-electron chi connectivity index (χ2n) is 10.8. The van der Waals surface area contributed by atoms with Crippen molar-refractivity contribution >= 4 is 39.9 Å². The summed E-state index contributed by atoms with van der Waals surface area (Å²) in [6.07, 6.45) is 2.36. The van der Waals surface area contributed by atoms with Gasteiger partial charge in [-0.25, -0.2) is 9.37 Å². The summed E-state index contributed by atoms with van der Waals surface area (Å²) in [5.74, 6) is 0.162. The van der Waals surface area contributed by atoms with Crippen molar-refractivity contribution < 1.29 is 18.4 Å². The summed E-state index contributed by atoms with van der Waals surface area (Å²) in [5.41, 5.74) is 3.68. The first-order valence-electron chi connectivity index (χ1n) is 13.8.